The highest BCUT2D eigenvalue weighted by Gasteiger charge is 2.43. The lowest BCUT2D eigenvalue weighted by Crippen LogP contribution is -2.47. The zero-order chi connectivity index (χ0) is 19.4. The highest BCUT2D eigenvalue weighted by atomic mass is 32.2. The second-order valence-corrected chi connectivity index (χ2v) is 8.43. The molecule has 2 aromatic carbocycles. The van der Waals surface area contributed by atoms with Crippen molar-refractivity contribution in [1.82, 2.24) is 4.90 Å². The molecule has 0 unspecified atom stereocenters. The maximum absolute atomic E-state index is 13.4. The number of unbranched alkanes of at least 4 members (excludes halogenated alkanes) is 1. The van der Waals surface area contributed by atoms with Gasteiger partial charge < -0.3 is 9.64 Å². The number of carbonyl (C=O) groups is 2. The molecule has 144 valence electrons. The molecule has 1 amide bonds. The molecule has 1 aliphatic rings. The van der Waals surface area contributed by atoms with Crippen molar-refractivity contribution in [1.29, 1.82) is 0 Å². The Labute approximate surface area is 165 Å². The summed E-state index contributed by atoms with van der Waals surface area (Å²) < 4.78 is 5.43. The summed E-state index contributed by atoms with van der Waals surface area (Å²) in [4.78, 5) is 27.7. The van der Waals surface area contributed by atoms with Crippen LogP contribution in [0.2, 0.25) is 0 Å². The predicted octanol–water partition coefficient (Wildman–Crippen LogP) is 4.72. The maximum atomic E-state index is 13.4. The van der Waals surface area contributed by atoms with Crippen molar-refractivity contribution in [3.05, 3.63) is 48.0 Å². The van der Waals surface area contributed by atoms with E-state index in [-0.39, 0.29) is 23.2 Å². The Kier molecular flexibility index (Phi) is 6.42. The van der Waals surface area contributed by atoms with Crippen molar-refractivity contribution in [2.75, 3.05) is 12.4 Å². The SMILES string of the molecule is CCCCOC(=O)[C@@H]1CS[C@@H](C(C)C)N1C(=O)c1ccc2ccccc2c1. The van der Waals surface area contributed by atoms with Gasteiger partial charge >= 0.3 is 5.97 Å². The number of nitrogens with zero attached hydrogens (tertiary/aromatic N) is 1. The van der Waals surface area contributed by atoms with E-state index in [9.17, 15) is 9.59 Å². The quantitative estimate of drug-likeness (QED) is 0.533. The van der Waals surface area contributed by atoms with Gasteiger partial charge in [0.05, 0.1) is 12.0 Å². The summed E-state index contributed by atoms with van der Waals surface area (Å²) in [6.07, 6.45) is 1.82. The normalized spacial score (nSPS) is 19.6. The number of ether oxygens (including phenoxy) is 1. The first-order valence-electron chi connectivity index (χ1n) is 9.62. The van der Waals surface area contributed by atoms with Crippen LogP contribution >= 0.6 is 11.8 Å². The summed E-state index contributed by atoms with van der Waals surface area (Å²) in [6, 6.07) is 13.2. The van der Waals surface area contributed by atoms with Crippen LogP contribution in [0.1, 0.15) is 44.0 Å². The Morgan fingerprint density at radius 3 is 2.63 bits per heavy atom. The summed E-state index contributed by atoms with van der Waals surface area (Å²) in [5.74, 6) is 0.468. The van der Waals surface area contributed by atoms with Crippen LogP contribution in [0.25, 0.3) is 10.8 Å². The van der Waals surface area contributed by atoms with E-state index in [2.05, 4.69) is 20.8 Å². The van der Waals surface area contributed by atoms with E-state index in [0.717, 1.165) is 23.6 Å². The minimum Gasteiger partial charge on any atom is -0.464 e. The molecule has 3 rings (SSSR count). The van der Waals surface area contributed by atoms with Crippen molar-refractivity contribution >= 4 is 34.4 Å². The number of rotatable bonds is 6. The van der Waals surface area contributed by atoms with Gasteiger partial charge in [0.1, 0.15) is 6.04 Å². The molecule has 0 bridgehead atoms. The van der Waals surface area contributed by atoms with Gasteiger partial charge in [-0.15, -0.1) is 11.8 Å². The molecule has 1 fully saturated rings. The Hall–Kier alpha value is -2.01. The fourth-order valence-corrected chi connectivity index (χ4v) is 4.83. The van der Waals surface area contributed by atoms with Gasteiger partial charge in [0.15, 0.2) is 0 Å². The Bertz CT molecular complexity index is 820. The number of fused-ring (bicyclic) bond motifs is 1. The van der Waals surface area contributed by atoms with Gasteiger partial charge in [0.25, 0.3) is 5.91 Å². The maximum Gasteiger partial charge on any atom is 0.329 e. The summed E-state index contributed by atoms with van der Waals surface area (Å²) in [7, 11) is 0. The minimum absolute atomic E-state index is 0.0207. The lowest BCUT2D eigenvalue weighted by Gasteiger charge is -2.30. The Morgan fingerprint density at radius 1 is 1.19 bits per heavy atom. The molecule has 0 aliphatic carbocycles. The topological polar surface area (TPSA) is 46.6 Å². The van der Waals surface area contributed by atoms with Crippen LogP contribution in [0, 0.1) is 5.92 Å². The third kappa shape index (κ3) is 4.29. The number of amides is 1. The third-order valence-corrected chi connectivity index (χ3v) is 6.47. The summed E-state index contributed by atoms with van der Waals surface area (Å²) in [5.41, 5.74) is 0.619. The molecular formula is C22H27NO3S. The average molecular weight is 386 g/mol. The molecule has 0 N–H and O–H groups in total. The zero-order valence-corrected chi connectivity index (χ0v) is 17.0. The first-order chi connectivity index (χ1) is 13.0. The first kappa shape index (κ1) is 19.7. The first-order valence-corrected chi connectivity index (χ1v) is 10.7. The number of carbonyl (C=O) groups excluding carboxylic acids is 2. The van der Waals surface area contributed by atoms with Crippen LogP contribution in [0.15, 0.2) is 42.5 Å². The van der Waals surface area contributed by atoms with Gasteiger partial charge in [0, 0.05) is 11.3 Å². The molecular weight excluding hydrogens is 358 g/mol. The fourth-order valence-electron chi connectivity index (χ4n) is 3.36. The summed E-state index contributed by atoms with van der Waals surface area (Å²) in [5, 5.41) is 2.10. The van der Waals surface area contributed by atoms with Crippen molar-refractivity contribution in [2.45, 2.75) is 45.0 Å². The van der Waals surface area contributed by atoms with E-state index < -0.39 is 6.04 Å². The molecule has 2 aromatic rings. The molecule has 1 heterocycles. The van der Waals surface area contributed by atoms with Crippen molar-refractivity contribution in [2.24, 2.45) is 5.92 Å². The molecule has 0 radical (unpaired) electrons. The van der Waals surface area contributed by atoms with Gasteiger partial charge in [-0.3, -0.25) is 4.79 Å². The predicted molar refractivity (Wildman–Crippen MR) is 111 cm³/mol. The van der Waals surface area contributed by atoms with E-state index in [4.69, 9.17) is 4.74 Å². The van der Waals surface area contributed by atoms with Crippen molar-refractivity contribution in [3.63, 3.8) is 0 Å². The molecule has 4 nitrogen and oxygen atoms in total. The van der Waals surface area contributed by atoms with Crippen LogP contribution in [0.5, 0.6) is 0 Å². The fraction of sp³-hybridized carbons (Fsp3) is 0.455. The van der Waals surface area contributed by atoms with E-state index in [0.29, 0.717) is 17.9 Å². The molecule has 27 heavy (non-hydrogen) atoms. The third-order valence-electron chi connectivity index (χ3n) is 4.85. The molecule has 1 aliphatic heterocycles. The second kappa shape index (κ2) is 8.79. The number of benzene rings is 2. The molecule has 1 saturated heterocycles. The highest BCUT2D eigenvalue weighted by molar-refractivity contribution is 8.00. The smallest absolute Gasteiger partial charge is 0.329 e. The highest BCUT2D eigenvalue weighted by Crippen LogP contribution is 2.36. The van der Waals surface area contributed by atoms with Gasteiger partial charge in [-0.25, -0.2) is 4.79 Å². The summed E-state index contributed by atoms with van der Waals surface area (Å²) >= 11 is 1.67. The van der Waals surface area contributed by atoms with E-state index >= 15 is 0 Å². The van der Waals surface area contributed by atoms with Gasteiger partial charge in [0.2, 0.25) is 0 Å². The molecule has 0 spiro atoms. The molecule has 0 aromatic heterocycles. The number of hydrogen-bond donors (Lipinski definition) is 0. The molecule has 2 atom stereocenters. The number of hydrogen-bond acceptors (Lipinski definition) is 4. The Morgan fingerprint density at radius 2 is 1.93 bits per heavy atom. The second-order valence-electron chi connectivity index (χ2n) is 7.28. The Balaban J connectivity index is 1.87. The summed E-state index contributed by atoms with van der Waals surface area (Å²) in [6.45, 7) is 6.65. The lowest BCUT2D eigenvalue weighted by atomic mass is 10.0. The van der Waals surface area contributed by atoms with Gasteiger partial charge in [-0.05, 0) is 35.2 Å². The largest absolute Gasteiger partial charge is 0.464 e. The minimum atomic E-state index is -0.516. The van der Waals surface area contributed by atoms with E-state index in [1.807, 2.05) is 42.5 Å². The van der Waals surface area contributed by atoms with Gasteiger partial charge in [-0.2, -0.15) is 0 Å². The number of thioether (sulfide) groups is 1. The van der Waals surface area contributed by atoms with E-state index in [1.165, 1.54) is 0 Å². The van der Waals surface area contributed by atoms with Crippen molar-refractivity contribution in [3.8, 4) is 0 Å². The van der Waals surface area contributed by atoms with E-state index in [1.54, 1.807) is 16.7 Å². The molecule has 0 saturated carbocycles. The van der Waals surface area contributed by atoms with Crippen molar-refractivity contribution < 1.29 is 14.3 Å². The van der Waals surface area contributed by atoms with Crippen LogP contribution in [-0.2, 0) is 9.53 Å². The monoisotopic (exact) mass is 385 g/mol. The standard InChI is InChI=1S/C22H27NO3S/c1-4-5-12-26-22(25)19-14-27-21(15(2)3)23(19)20(24)18-11-10-16-8-6-7-9-17(16)13-18/h6-11,13,15,19,21H,4-5,12,14H2,1-3H3/t19-,21-/m0/s1. The molecule has 5 heteroatoms. The van der Waals surface area contributed by atoms with Gasteiger partial charge in [-0.1, -0.05) is 57.5 Å². The lowest BCUT2D eigenvalue weighted by molar-refractivity contribution is -0.148. The van der Waals surface area contributed by atoms with Crippen LogP contribution in [-0.4, -0.2) is 40.6 Å². The number of esters is 1. The zero-order valence-electron chi connectivity index (χ0n) is 16.2. The average Bonchev–Trinajstić information content (AvgIpc) is 3.12. The van der Waals surface area contributed by atoms with Crippen LogP contribution in [0.3, 0.4) is 0 Å². The van der Waals surface area contributed by atoms with Crippen LogP contribution < -0.4 is 0 Å². The van der Waals surface area contributed by atoms with Crippen LogP contribution in [0.4, 0.5) is 0 Å².